The lowest BCUT2D eigenvalue weighted by Crippen LogP contribution is -2.35. The molecule has 1 aliphatic heterocycles. The van der Waals surface area contributed by atoms with Gasteiger partial charge in [-0.2, -0.15) is 0 Å². The van der Waals surface area contributed by atoms with Gasteiger partial charge in [0.1, 0.15) is 0 Å². The van der Waals surface area contributed by atoms with Crippen LogP contribution in [-0.2, 0) is 11.9 Å². The van der Waals surface area contributed by atoms with Crippen LogP contribution in [0, 0.1) is 0 Å². The van der Waals surface area contributed by atoms with E-state index >= 15 is 0 Å². The summed E-state index contributed by atoms with van der Waals surface area (Å²) < 4.78 is 9.00. The van der Waals surface area contributed by atoms with Crippen molar-refractivity contribution in [1.29, 1.82) is 0 Å². The molecule has 0 amide bonds. The number of nitrogens with one attached hydrogen (secondary N) is 1. The number of hydrogen-bond acceptors (Lipinski definition) is 1. The molecule has 74 valence electrons. The number of hydrogen-bond donors (Lipinski definition) is 1. The van der Waals surface area contributed by atoms with Crippen molar-refractivity contribution < 1.29 is 1.37 Å². The monoisotopic (exact) mass is 272 g/mol. The largest absolute Gasteiger partial charge is 0.312 e. The fourth-order valence-corrected chi connectivity index (χ4v) is 3.08. The zero-order valence-electron chi connectivity index (χ0n) is 8.56. The van der Waals surface area contributed by atoms with Gasteiger partial charge in [0.25, 0.3) is 0 Å². The van der Waals surface area contributed by atoms with Crippen LogP contribution in [0.5, 0.6) is 0 Å². The number of benzene rings is 1. The van der Waals surface area contributed by atoms with Gasteiger partial charge in [-0.15, -0.1) is 11.6 Å². The molecule has 3 heteroatoms. The molecule has 2 aliphatic rings. The highest BCUT2D eigenvalue weighted by Crippen LogP contribution is 2.54. The fraction of sp³-hybridized carbons (Fsp3) is 0.455. The Balaban J connectivity index is 2.16. The van der Waals surface area contributed by atoms with Crippen molar-refractivity contribution in [3.8, 4) is 0 Å². The van der Waals surface area contributed by atoms with Gasteiger partial charge in [0.2, 0.25) is 0 Å². The third-order valence-electron chi connectivity index (χ3n) is 3.21. The Bertz CT molecular complexity index is 425. The van der Waals surface area contributed by atoms with Crippen molar-refractivity contribution in [3.63, 3.8) is 0 Å². The Hall–Kier alpha value is -0.0500. The molecule has 1 saturated carbocycles. The maximum Gasteiger partial charge on any atom is 0.0479 e. The zero-order valence-corrected chi connectivity index (χ0v) is 9.90. The molecule has 1 N–H and O–H groups in total. The van der Waals surface area contributed by atoms with Gasteiger partial charge in [-0.3, -0.25) is 0 Å². The lowest BCUT2D eigenvalue weighted by molar-refractivity contribution is 0.532. The topological polar surface area (TPSA) is 12.0 Å². The van der Waals surface area contributed by atoms with Gasteiger partial charge >= 0.3 is 0 Å². The number of fused-ring (bicyclic) bond motifs is 2. The highest BCUT2D eigenvalue weighted by molar-refractivity contribution is 9.10. The molecule has 1 fully saturated rings. The van der Waals surface area contributed by atoms with E-state index in [9.17, 15) is 0 Å². The van der Waals surface area contributed by atoms with E-state index < -0.39 is 0 Å². The summed E-state index contributed by atoms with van der Waals surface area (Å²) in [7, 11) is 0. The molecule has 1 spiro atoms. The van der Waals surface area contributed by atoms with Crippen LogP contribution >= 0.6 is 27.5 Å². The Morgan fingerprint density at radius 3 is 3.14 bits per heavy atom. The first-order chi connectivity index (χ1) is 7.13. The Kier molecular flexibility index (Phi) is 1.73. The fourth-order valence-electron chi connectivity index (χ4n) is 2.25. The van der Waals surface area contributed by atoms with E-state index in [0.29, 0.717) is 0 Å². The van der Waals surface area contributed by atoms with Crippen LogP contribution < -0.4 is 5.32 Å². The maximum absolute atomic E-state index is 7.93. The summed E-state index contributed by atoms with van der Waals surface area (Å²) in [5.74, 6) is 0. The molecule has 14 heavy (non-hydrogen) atoms. The smallest absolute Gasteiger partial charge is 0.0479 e. The number of rotatable bonds is 0. The van der Waals surface area contributed by atoms with Gasteiger partial charge in [0.05, 0.1) is 0 Å². The molecule has 0 bridgehead atoms. The first-order valence-corrected chi connectivity index (χ1v) is 5.96. The van der Waals surface area contributed by atoms with Crippen molar-refractivity contribution >= 4 is 27.5 Å². The molecule has 1 heterocycles. The zero-order chi connectivity index (χ0) is 10.6. The molecular formula is C11H11BrClN. The second-order valence-electron chi connectivity index (χ2n) is 4.08. The minimum absolute atomic E-state index is 0.0955. The SMILES string of the molecule is [2H]C1NC[C@@]2(C[C@@H]2Cl)c2cc(Br)ccc21. The van der Waals surface area contributed by atoms with E-state index in [4.69, 9.17) is 13.0 Å². The quantitative estimate of drug-likeness (QED) is 0.717. The van der Waals surface area contributed by atoms with Crippen LogP contribution in [0.2, 0.25) is 0 Å². The van der Waals surface area contributed by atoms with E-state index in [1.807, 2.05) is 12.1 Å². The first-order valence-electron chi connectivity index (χ1n) is 5.31. The Morgan fingerprint density at radius 1 is 1.64 bits per heavy atom. The molecule has 1 aromatic rings. The Morgan fingerprint density at radius 2 is 2.43 bits per heavy atom. The summed E-state index contributed by atoms with van der Waals surface area (Å²) >= 11 is 9.72. The minimum atomic E-state index is -0.303. The van der Waals surface area contributed by atoms with Crippen molar-refractivity contribution in [2.75, 3.05) is 6.54 Å². The normalized spacial score (nSPS) is 40.6. The molecule has 0 radical (unpaired) electrons. The second-order valence-corrected chi connectivity index (χ2v) is 5.53. The van der Waals surface area contributed by atoms with Gasteiger partial charge in [-0.25, -0.2) is 0 Å². The van der Waals surface area contributed by atoms with Gasteiger partial charge < -0.3 is 5.32 Å². The van der Waals surface area contributed by atoms with Crippen LogP contribution in [0.1, 0.15) is 18.9 Å². The van der Waals surface area contributed by atoms with Crippen LogP contribution in [0.4, 0.5) is 0 Å². The first kappa shape index (κ1) is 8.14. The van der Waals surface area contributed by atoms with Crippen molar-refractivity contribution in [1.82, 2.24) is 5.32 Å². The molecular weight excluding hydrogens is 261 g/mol. The summed E-state index contributed by atoms with van der Waals surface area (Å²) in [6.07, 6.45) is 1.03. The number of alkyl halides is 1. The summed E-state index contributed by atoms with van der Waals surface area (Å²) in [5.41, 5.74) is 2.43. The van der Waals surface area contributed by atoms with Crippen LogP contribution in [0.3, 0.4) is 0 Å². The summed E-state index contributed by atoms with van der Waals surface area (Å²) in [6.45, 7) is 0.530. The highest BCUT2D eigenvalue weighted by Gasteiger charge is 2.56. The molecule has 1 nitrogen and oxygen atoms in total. The standard InChI is InChI=1S/C11H11BrClN/c12-8-2-1-7-5-14-6-11(4-10(11)13)9(7)3-8/h1-3,10,14H,4-6H2/t10-,11-/m0/s1/i5D/t5?,10-,11-. The molecule has 1 unspecified atom stereocenters. The maximum atomic E-state index is 7.93. The van der Waals surface area contributed by atoms with Gasteiger partial charge in [-0.1, -0.05) is 22.0 Å². The predicted molar refractivity (Wildman–Crippen MR) is 61.8 cm³/mol. The van der Waals surface area contributed by atoms with Crippen molar-refractivity contribution in [2.45, 2.75) is 23.7 Å². The van der Waals surface area contributed by atoms with Gasteiger partial charge in [0, 0.05) is 29.7 Å². The van der Waals surface area contributed by atoms with Crippen molar-refractivity contribution in [2.24, 2.45) is 0 Å². The summed E-state index contributed by atoms with van der Waals surface area (Å²) in [6, 6.07) is 6.14. The van der Waals surface area contributed by atoms with Crippen LogP contribution in [0.15, 0.2) is 22.7 Å². The second kappa shape index (κ2) is 2.97. The van der Waals surface area contributed by atoms with E-state index in [2.05, 4.69) is 27.3 Å². The third-order valence-corrected chi connectivity index (χ3v) is 4.28. The lowest BCUT2D eigenvalue weighted by atomic mass is 9.88. The molecule has 1 aromatic carbocycles. The van der Waals surface area contributed by atoms with Crippen LogP contribution in [-0.4, -0.2) is 11.9 Å². The average Bonchev–Trinajstić information content (AvgIpc) is 2.85. The Labute approximate surface area is 98.4 Å². The molecule has 3 atom stereocenters. The van der Waals surface area contributed by atoms with Crippen LogP contribution in [0.25, 0.3) is 0 Å². The van der Waals surface area contributed by atoms with E-state index in [1.165, 1.54) is 5.56 Å². The summed E-state index contributed by atoms with van der Waals surface area (Å²) in [5, 5.41) is 3.44. The molecule has 0 aromatic heterocycles. The average molecular weight is 274 g/mol. The lowest BCUT2D eigenvalue weighted by Gasteiger charge is -2.26. The van der Waals surface area contributed by atoms with Gasteiger partial charge in [-0.05, 0) is 29.7 Å². The molecule has 1 aliphatic carbocycles. The van der Waals surface area contributed by atoms with E-state index in [-0.39, 0.29) is 17.3 Å². The minimum Gasteiger partial charge on any atom is -0.312 e. The van der Waals surface area contributed by atoms with E-state index in [1.54, 1.807) is 0 Å². The van der Waals surface area contributed by atoms with Gasteiger partial charge in [0.15, 0.2) is 0 Å². The molecule has 0 saturated heterocycles. The number of halogens is 2. The van der Waals surface area contributed by atoms with Crippen molar-refractivity contribution in [3.05, 3.63) is 33.8 Å². The highest BCUT2D eigenvalue weighted by atomic mass is 79.9. The predicted octanol–water partition coefficient (Wildman–Crippen LogP) is 2.80. The van der Waals surface area contributed by atoms with E-state index in [0.717, 1.165) is 23.0 Å². The summed E-state index contributed by atoms with van der Waals surface area (Å²) in [4.78, 5) is 0. The third kappa shape index (κ3) is 1.17. The molecule has 3 rings (SSSR count).